The molecule has 0 aromatic carbocycles. The van der Waals surface area contributed by atoms with Crippen molar-refractivity contribution >= 4 is 0 Å². The van der Waals surface area contributed by atoms with Gasteiger partial charge in [-0.05, 0) is 0 Å². The summed E-state index contributed by atoms with van der Waals surface area (Å²) in [6, 6.07) is -3.17. The minimum absolute atomic E-state index is 0.400. The van der Waals surface area contributed by atoms with E-state index >= 15 is 0 Å². The van der Waals surface area contributed by atoms with Crippen LogP contribution in [0.1, 0.15) is 12.8 Å². The molecule has 0 aromatic rings. The molecule has 0 bridgehead atoms. The fourth-order valence-electron chi connectivity index (χ4n) is 1.50. The molecule has 0 amide bonds. The van der Waals surface area contributed by atoms with Crippen LogP contribution in [0.2, 0.25) is 0 Å². The van der Waals surface area contributed by atoms with Crippen LogP contribution in [0.3, 0.4) is 0 Å². The maximum atomic E-state index is 12.8. The zero-order valence-corrected chi connectivity index (χ0v) is 6.62. The van der Waals surface area contributed by atoms with E-state index < -0.39 is 17.2 Å². The third-order valence-corrected chi connectivity index (χ3v) is 2.50. The van der Waals surface area contributed by atoms with E-state index in [2.05, 4.69) is 0 Å². The van der Waals surface area contributed by atoms with Crippen LogP contribution in [0.25, 0.3) is 0 Å². The van der Waals surface area contributed by atoms with Crippen molar-refractivity contribution in [3.8, 4) is 0 Å². The Morgan fingerprint density at radius 3 is 2.09 bits per heavy atom. The van der Waals surface area contributed by atoms with Crippen molar-refractivity contribution in [3.63, 3.8) is 0 Å². The Kier molecular flexibility index (Phi) is 2.14. The van der Waals surface area contributed by atoms with Crippen molar-refractivity contribution in [2.24, 2.45) is 0 Å². The molecule has 0 saturated carbocycles. The minimum atomic E-state index is -3.17. The second-order valence-electron chi connectivity index (χ2n) is 3.35. The van der Waals surface area contributed by atoms with Crippen LogP contribution in [0.4, 0.5) is 13.2 Å². The van der Waals surface area contributed by atoms with Gasteiger partial charge in [-0.2, -0.15) is 0 Å². The molecule has 1 aliphatic heterocycles. The summed E-state index contributed by atoms with van der Waals surface area (Å²) in [5.74, 6) is 0. The molecule has 1 aliphatic rings. The van der Waals surface area contributed by atoms with E-state index in [0.717, 1.165) is 12.8 Å². The van der Waals surface area contributed by atoms with Gasteiger partial charge in [-0.1, -0.05) is 0 Å². The third-order valence-electron chi connectivity index (χ3n) is 2.50. The predicted octanol–water partition coefficient (Wildman–Crippen LogP) is 1.79. The van der Waals surface area contributed by atoms with Gasteiger partial charge in [0.05, 0.1) is 20.1 Å². The average molecular weight is 168 g/mol. The van der Waals surface area contributed by atoms with Crippen LogP contribution in [0.15, 0.2) is 0 Å². The smallest absolute Gasteiger partial charge is 0.263 e. The molecule has 1 saturated heterocycles. The highest BCUT2D eigenvalue weighted by atomic mass is 19.3. The number of quaternary nitrogens is 1. The van der Waals surface area contributed by atoms with Gasteiger partial charge >= 0.3 is 6.05 Å². The lowest BCUT2D eigenvalue weighted by atomic mass is 10.4. The Morgan fingerprint density at radius 2 is 1.73 bits per heavy atom. The first-order chi connectivity index (χ1) is 5.02. The number of likely N-dealkylation sites (tertiary alicyclic amines) is 1. The van der Waals surface area contributed by atoms with Gasteiger partial charge in [0.1, 0.15) is 0 Å². The minimum Gasteiger partial charge on any atom is -0.263 e. The molecule has 1 rings (SSSR count). The summed E-state index contributed by atoms with van der Waals surface area (Å²) in [4.78, 5) is 0. The highest BCUT2D eigenvalue weighted by Gasteiger charge is 2.51. The number of nitrogens with zero attached hydrogens (tertiary/aromatic N) is 1. The molecular formula is C7H13F3N+. The summed E-state index contributed by atoms with van der Waals surface area (Å²) in [6.45, 7) is -0.739. The second-order valence-corrected chi connectivity index (χ2v) is 3.35. The number of hydrogen-bond donors (Lipinski definition) is 0. The zero-order chi connectivity index (χ0) is 8.54. The van der Waals surface area contributed by atoms with E-state index in [4.69, 9.17) is 0 Å². The lowest BCUT2D eigenvalue weighted by Gasteiger charge is -2.34. The Hall–Kier alpha value is -0.250. The van der Waals surface area contributed by atoms with Crippen LogP contribution in [-0.4, -0.2) is 37.3 Å². The maximum absolute atomic E-state index is 12.8. The fraction of sp³-hybridized carbons (Fsp3) is 1.00. The van der Waals surface area contributed by atoms with E-state index in [1.54, 1.807) is 0 Å². The molecule has 0 N–H and O–H groups in total. The summed E-state index contributed by atoms with van der Waals surface area (Å²) in [6.07, 6.45) is 1.57. The monoisotopic (exact) mass is 168 g/mol. The molecular weight excluding hydrogens is 155 g/mol. The molecule has 1 nitrogen and oxygen atoms in total. The van der Waals surface area contributed by atoms with Crippen LogP contribution < -0.4 is 0 Å². The van der Waals surface area contributed by atoms with E-state index in [0.29, 0.717) is 13.1 Å². The number of alkyl halides is 3. The summed E-state index contributed by atoms with van der Waals surface area (Å²) in [5, 5.41) is 0. The van der Waals surface area contributed by atoms with Crippen molar-refractivity contribution in [2.45, 2.75) is 18.9 Å². The maximum Gasteiger partial charge on any atom is 0.419 e. The van der Waals surface area contributed by atoms with Gasteiger partial charge in [0.25, 0.3) is 0 Å². The highest BCUT2D eigenvalue weighted by molar-refractivity contribution is 4.59. The summed E-state index contributed by atoms with van der Waals surface area (Å²) in [7, 11) is 1.42. The number of halogens is 3. The van der Waals surface area contributed by atoms with Crippen LogP contribution in [0.5, 0.6) is 0 Å². The van der Waals surface area contributed by atoms with Gasteiger partial charge in [-0.3, -0.25) is 4.48 Å². The lowest BCUT2D eigenvalue weighted by molar-refractivity contribution is -0.983. The highest BCUT2D eigenvalue weighted by Crippen LogP contribution is 2.32. The van der Waals surface area contributed by atoms with Crippen molar-refractivity contribution in [2.75, 3.05) is 26.8 Å². The van der Waals surface area contributed by atoms with Gasteiger partial charge < -0.3 is 0 Å². The molecule has 66 valence electrons. The standard InChI is InChI=1S/C7H13F3N/c1-11(4-2-3-5-11)7(9,10)6-8/h2-6H2,1H3/q+1. The Balaban J connectivity index is 2.69. The summed E-state index contributed by atoms with van der Waals surface area (Å²) in [5.41, 5.74) is 0. The fourth-order valence-corrected chi connectivity index (χ4v) is 1.50. The van der Waals surface area contributed by atoms with Crippen LogP contribution in [-0.2, 0) is 0 Å². The molecule has 0 radical (unpaired) electrons. The van der Waals surface area contributed by atoms with Crippen molar-refractivity contribution in [3.05, 3.63) is 0 Å². The van der Waals surface area contributed by atoms with E-state index in [1.165, 1.54) is 7.05 Å². The number of rotatable bonds is 2. The normalized spacial score (nSPS) is 24.0. The molecule has 1 heterocycles. The number of hydrogen-bond acceptors (Lipinski definition) is 0. The van der Waals surface area contributed by atoms with Gasteiger partial charge in [0, 0.05) is 12.8 Å². The van der Waals surface area contributed by atoms with Gasteiger partial charge in [0.15, 0.2) is 0 Å². The largest absolute Gasteiger partial charge is 0.419 e. The molecule has 0 aliphatic carbocycles. The SMILES string of the molecule is C[N+]1(C(F)(F)CF)CCCC1. The Bertz CT molecular complexity index is 141. The lowest BCUT2D eigenvalue weighted by Crippen LogP contribution is -2.56. The Morgan fingerprint density at radius 1 is 1.27 bits per heavy atom. The van der Waals surface area contributed by atoms with Gasteiger partial charge in [-0.25, -0.2) is 4.39 Å². The second kappa shape index (κ2) is 2.66. The van der Waals surface area contributed by atoms with Crippen LogP contribution in [0, 0.1) is 0 Å². The van der Waals surface area contributed by atoms with E-state index in [9.17, 15) is 13.2 Å². The van der Waals surface area contributed by atoms with Gasteiger partial charge in [0.2, 0.25) is 6.67 Å². The molecule has 0 aromatic heterocycles. The summed E-state index contributed by atoms with van der Waals surface area (Å²) < 4.78 is 37.2. The quantitative estimate of drug-likeness (QED) is 0.435. The first-order valence-corrected chi connectivity index (χ1v) is 3.80. The zero-order valence-electron chi connectivity index (χ0n) is 6.62. The third kappa shape index (κ3) is 1.36. The van der Waals surface area contributed by atoms with Crippen LogP contribution >= 0.6 is 0 Å². The van der Waals surface area contributed by atoms with Crippen molar-refractivity contribution < 1.29 is 17.7 Å². The van der Waals surface area contributed by atoms with Gasteiger partial charge in [-0.15, -0.1) is 8.78 Å². The summed E-state index contributed by atoms with van der Waals surface area (Å²) >= 11 is 0. The molecule has 0 unspecified atom stereocenters. The topological polar surface area (TPSA) is 0 Å². The molecule has 4 heteroatoms. The first-order valence-electron chi connectivity index (χ1n) is 3.80. The predicted molar refractivity (Wildman–Crippen MR) is 36.1 cm³/mol. The molecule has 0 spiro atoms. The van der Waals surface area contributed by atoms with E-state index in [-0.39, 0.29) is 0 Å². The molecule has 0 atom stereocenters. The molecule has 1 fully saturated rings. The molecule has 11 heavy (non-hydrogen) atoms. The average Bonchev–Trinajstić information content (AvgIpc) is 2.38. The first kappa shape index (κ1) is 8.84. The van der Waals surface area contributed by atoms with Crippen molar-refractivity contribution in [1.82, 2.24) is 0 Å². The Labute approximate surface area is 64.4 Å². The van der Waals surface area contributed by atoms with Crippen molar-refractivity contribution in [1.29, 1.82) is 0 Å². The van der Waals surface area contributed by atoms with E-state index in [1.807, 2.05) is 0 Å².